The van der Waals surface area contributed by atoms with Crippen LogP contribution in [0, 0.1) is 5.92 Å². The summed E-state index contributed by atoms with van der Waals surface area (Å²) in [5.41, 5.74) is 0. The SMILES string of the molecule is CCC(C)NC(=O)CCNC(=NC)NCCCOCC1CC1.I. The molecule has 1 aliphatic rings. The Kier molecular flexibility index (Phi) is 13.5. The Morgan fingerprint density at radius 2 is 2.00 bits per heavy atom. The van der Waals surface area contributed by atoms with Crippen molar-refractivity contribution in [3.05, 3.63) is 0 Å². The zero-order chi connectivity index (χ0) is 16.2. The highest BCUT2D eigenvalue weighted by Gasteiger charge is 2.20. The maximum Gasteiger partial charge on any atom is 0.221 e. The number of halogens is 1. The number of hydrogen-bond donors (Lipinski definition) is 3. The molecule has 1 amide bonds. The van der Waals surface area contributed by atoms with Gasteiger partial charge in [-0.15, -0.1) is 24.0 Å². The van der Waals surface area contributed by atoms with Gasteiger partial charge in [0, 0.05) is 45.8 Å². The third kappa shape index (κ3) is 12.5. The van der Waals surface area contributed by atoms with Crippen LogP contribution in [-0.2, 0) is 9.53 Å². The fourth-order valence-corrected chi connectivity index (χ4v) is 1.88. The number of nitrogens with zero attached hydrogens (tertiary/aromatic N) is 1. The summed E-state index contributed by atoms with van der Waals surface area (Å²) in [4.78, 5) is 15.8. The molecule has 0 radical (unpaired) electrons. The normalized spacial score (nSPS) is 15.5. The van der Waals surface area contributed by atoms with Gasteiger partial charge in [-0.3, -0.25) is 9.79 Å². The van der Waals surface area contributed by atoms with Crippen LogP contribution in [0.2, 0.25) is 0 Å². The number of amides is 1. The maximum absolute atomic E-state index is 11.6. The molecule has 1 saturated carbocycles. The highest BCUT2D eigenvalue weighted by atomic mass is 127. The van der Waals surface area contributed by atoms with Gasteiger partial charge in [-0.25, -0.2) is 0 Å². The van der Waals surface area contributed by atoms with Gasteiger partial charge >= 0.3 is 0 Å². The lowest BCUT2D eigenvalue weighted by Gasteiger charge is -2.13. The lowest BCUT2D eigenvalue weighted by atomic mass is 10.2. The summed E-state index contributed by atoms with van der Waals surface area (Å²) < 4.78 is 5.58. The van der Waals surface area contributed by atoms with Gasteiger partial charge in [-0.2, -0.15) is 0 Å². The Labute approximate surface area is 157 Å². The summed E-state index contributed by atoms with van der Waals surface area (Å²) in [6.07, 6.45) is 5.03. The van der Waals surface area contributed by atoms with Crippen LogP contribution in [0.5, 0.6) is 0 Å². The molecule has 23 heavy (non-hydrogen) atoms. The smallest absolute Gasteiger partial charge is 0.221 e. The lowest BCUT2D eigenvalue weighted by Crippen LogP contribution is -2.40. The molecule has 0 aromatic carbocycles. The molecule has 1 aliphatic carbocycles. The van der Waals surface area contributed by atoms with Crippen LogP contribution in [-0.4, -0.2) is 51.3 Å². The second kappa shape index (κ2) is 13.8. The summed E-state index contributed by atoms with van der Waals surface area (Å²) >= 11 is 0. The number of rotatable bonds is 11. The van der Waals surface area contributed by atoms with Gasteiger partial charge in [-0.1, -0.05) is 6.92 Å². The quantitative estimate of drug-likeness (QED) is 0.199. The van der Waals surface area contributed by atoms with Gasteiger partial charge in [0.25, 0.3) is 0 Å². The largest absolute Gasteiger partial charge is 0.381 e. The number of hydrogen-bond acceptors (Lipinski definition) is 3. The molecule has 0 bridgehead atoms. The van der Waals surface area contributed by atoms with E-state index in [1.807, 2.05) is 6.92 Å². The van der Waals surface area contributed by atoms with Crippen molar-refractivity contribution in [3.8, 4) is 0 Å². The van der Waals surface area contributed by atoms with Crippen LogP contribution < -0.4 is 16.0 Å². The summed E-state index contributed by atoms with van der Waals surface area (Å²) in [5, 5.41) is 9.32. The van der Waals surface area contributed by atoms with Crippen LogP contribution in [0.15, 0.2) is 4.99 Å². The molecule has 1 fully saturated rings. The van der Waals surface area contributed by atoms with Gasteiger partial charge in [-0.05, 0) is 38.5 Å². The lowest BCUT2D eigenvalue weighted by molar-refractivity contribution is -0.121. The third-order valence-electron chi connectivity index (χ3n) is 3.70. The molecule has 1 unspecified atom stereocenters. The average Bonchev–Trinajstić information content (AvgIpc) is 3.32. The van der Waals surface area contributed by atoms with Gasteiger partial charge < -0.3 is 20.7 Å². The van der Waals surface area contributed by atoms with Crippen molar-refractivity contribution < 1.29 is 9.53 Å². The number of carbonyl (C=O) groups is 1. The number of ether oxygens (including phenoxy) is 1. The first-order valence-electron chi connectivity index (χ1n) is 8.47. The first-order chi connectivity index (χ1) is 10.7. The Balaban J connectivity index is 0.00000484. The molecule has 3 N–H and O–H groups in total. The van der Waals surface area contributed by atoms with E-state index in [0.29, 0.717) is 13.0 Å². The Morgan fingerprint density at radius 1 is 1.30 bits per heavy atom. The van der Waals surface area contributed by atoms with E-state index >= 15 is 0 Å². The molecule has 0 saturated heterocycles. The van der Waals surface area contributed by atoms with E-state index in [0.717, 1.165) is 44.5 Å². The molecule has 0 heterocycles. The van der Waals surface area contributed by atoms with E-state index in [-0.39, 0.29) is 35.9 Å². The minimum absolute atomic E-state index is 0. The van der Waals surface area contributed by atoms with Gasteiger partial charge in [0.15, 0.2) is 5.96 Å². The second-order valence-electron chi connectivity index (χ2n) is 5.92. The van der Waals surface area contributed by atoms with E-state index in [9.17, 15) is 4.79 Å². The highest BCUT2D eigenvalue weighted by Crippen LogP contribution is 2.28. The van der Waals surface area contributed by atoms with E-state index in [1.54, 1.807) is 7.05 Å². The molecule has 0 aliphatic heterocycles. The van der Waals surface area contributed by atoms with Gasteiger partial charge in [0.1, 0.15) is 0 Å². The first-order valence-corrected chi connectivity index (χ1v) is 8.47. The first kappa shape index (κ1) is 22.4. The number of carbonyl (C=O) groups excluding carboxylic acids is 1. The van der Waals surface area contributed by atoms with Crippen molar-refractivity contribution in [2.75, 3.05) is 33.4 Å². The zero-order valence-electron chi connectivity index (χ0n) is 14.7. The summed E-state index contributed by atoms with van der Waals surface area (Å²) in [7, 11) is 1.73. The van der Waals surface area contributed by atoms with Crippen LogP contribution in [0.4, 0.5) is 0 Å². The maximum atomic E-state index is 11.6. The Hall–Kier alpha value is -0.570. The summed E-state index contributed by atoms with van der Waals surface area (Å²) in [6, 6.07) is 0.237. The molecule has 1 atom stereocenters. The predicted octanol–water partition coefficient (Wildman–Crippen LogP) is 1.89. The molecule has 0 aromatic heterocycles. The average molecular weight is 440 g/mol. The highest BCUT2D eigenvalue weighted by molar-refractivity contribution is 14.0. The third-order valence-corrected chi connectivity index (χ3v) is 3.70. The zero-order valence-corrected chi connectivity index (χ0v) is 17.0. The molecule has 0 aromatic rings. The molecule has 136 valence electrons. The Bertz CT molecular complexity index is 349. The Morgan fingerprint density at radius 3 is 2.61 bits per heavy atom. The van der Waals surface area contributed by atoms with Crippen LogP contribution >= 0.6 is 24.0 Å². The molecule has 0 spiro atoms. The van der Waals surface area contributed by atoms with Crippen LogP contribution in [0.3, 0.4) is 0 Å². The summed E-state index contributed by atoms with van der Waals surface area (Å²) in [5.74, 6) is 1.63. The van der Waals surface area contributed by atoms with Gasteiger partial charge in [0.05, 0.1) is 0 Å². The number of nitrogens with one attached hydrogen (secondary N) is 3. The molecule has 6 nitrogen and oxygen atoms in total. The van der Waals surface area contributed by atoms with Crippen molar-refractivity contribution >= 4 is 35.8 Å². The number of guanidine groups is 1. The fourth-order valence-electron chi connectivity index (χ4n) is 1.88. The van der Waals surface area contributed by atoms with Crippen molar-refractivity contribution in [2.45, 2.75) is 52.0 Å². The fraction of sp³-hybridized carbons (Fsp3) is 0.875. The van der Waals surface area contributed by atoms with Crippen molar-refractivity contribution in [2.24, 2.45) is 10.9 Å². The second-order valence-corrected chi connectivity index (χ2v) is 5.92. The van der Waals surface area contributed by atoms with Crippen molar-refractivity contribution in [1.82, 2.24) is 16.0 Å². The van der Waals surface area contributed by atoms with E-state index in [1.165, 1.54) is 12.8 Å². The van der Waals surface area contributed by atoms with E-state index in [4.69, 9.17) is 4.74 Å². The van der Waals surface area contributed by atoms with Gasteiger partial charge in [0.2, 0.25) is 5.91 Å². The van der Waals surface area contributed by atoms with E-state index in [2.05, 4.69) is 27.9 Å². The standard InChI is InChI=1S/C16H32N4O2.HI/c1-4-13(2)20-15(21)8-10-19-16(17-3)18-9-5-11-22-12-14-6-7-14;/h13-14H,4-12H2,1-3H3,(H,20,21)(H2,17,18,19);1H. The summed E-state index contributed by atoms with van der Waals surface area (Å²) in [6.45, 7) is 7.18. The van der Waals surface area contributed by atoms with Crippen molar-refractivity contribution in [1.29, 1.82) is 0 Å². The van der Waals surface area contributed by atoms with Crippen LogP contribution in [0.1, 0.15) is 46.0 Å². The molecule has 1 rings (SSSR count). The molecular weight excluding hydrogens is 407 g/mol. The topological polar surface area (TPSA) is 74.8 Å². The monoisotopic (exact) mass is 440 g/mol. The minimum atomic E-state index is 0. The predicted molar refractivity (Wildman–Crippen MR) is 105 cm³/mol. The molecule has 7 heteroatoms. The van der Waals surface area contributed by atoms with Crippen molar-refractivity contribution in [3.63, 3.8) is 0 Å². The van der Waals surface area contributed by atoms with E-state index < -0.39 is 0 Å². The number of aliphatic imine (C=N–C) groups is 1. The minimum Gasteiger partial charge on any atom is -0.381 e. The molecular formula is C16H33IN4O2. The van der Waals surface area contributed by atoms with Crippen LogP contribution in [0.25, 0.3) is 0 Å².